The lowest BCUT2D eigenvalue weighted by Crippen LogP contribution is -1.92. The van der Waals surface area contributed by atoms with Crippen LogP contribution in [0.1, 0.15) is 25.3 Å². The molecule has 0 amide bonds. The first-order chi connectivity index (χ1) is 16.7. The van der Waals surface area contributed by atoms with Crippen LogP contribution in [0.25, 0.3) is 50.2 Å². The zero-order valence-corrected chi connectivity index (χ0v) is 18.8. The minimum atomic E-state index is 0.842. The third-order valence-corrected chi connectivity index (χ3v) is 6.28. The molecular weight excluding hydrogens is 420 g/mol. The molecule has 0 radical (unpaired) electrons. The van der Waals surface area contributed by atoms with Gasteiger partial charge < -0.3 is 10.7 Å². The zero-order chi connectivity index (χ0) is 23.1. The maximum Gasteiger partial charge on any atom is 0.116 e. The van der Waals surface area contributed by atoms with Gasteiger partial charge in [-0.1, -0.05) is 29.9 Å². The van der Waals surface area contributed by atoms with Crippen LogP contribution in [0.4, 0.5) is 0 Å². The topological polar surface area (TPSA) is 96.3 Å². The lowest BCUT2D eigenvalue weighted by atomic mass is 9.97. The Hall–Kier alpha value is -4.45. The smallest absolute Gasteiger partial charge is 0.116 e. The number of rotatable bonds is 5. The van der Waals surface area contributed by atoms with E-state index < -0.39 is 0 Å². The Balaban J connectivity index is 1.44. The molecule has 6 heteroatoms. The van der Waals surface area contributed by atoms with E-state index in [-0.39, 0.29) is 0 Å². The normalized spacial score (nSPS) is 14.2. The van der Waals surface area contributed by atoms with Crippen LogP contribution >= 0.6 is 0 Å². The molecule has 0 unspecified atom stereocenters. The summed E-state index contributed by atoms with van der Waals surface area (Å²) in [7, 11) is 0. The summed E-state index contributed by atoms with van der Waals surface area (Å²) in [5, 5.41) is 9.84. The van der Waals surface area contributed by atoms with Gasteiger partial charge >= 0.3 is 0 Å². The van der Waals surface area contributed by atoms with Gasteiger partial charge in [-0.15, -0.1) is 0 Å². The SMILES string of the molecule is CC(=C/C=C1CC1)/C(=C\N)c1ccc2[nH]nc(-c3cc4c(-c5ccccn5)nccc4[nH]3)c2c1. The molecule has 6 rings (SSSR count). The molecule has 1 aliphatic rings. The van der Waals surface area contributed by atoms with Gasteiger partial charge in [0, 0.05) is 40.5 Å². The second-order valence-corrected chi connectivity index (χ2v) is 8.61. The fraction of sp³-hybridized carbons (Fsp3) is 0.107. The molecule has 0 bridgehead atoms. The number of aromatic amines is 2. The molecule has 4 heterocycles. The molecule has 0 spiro atoms. The summed E-state index contributed by atoms with van der Waals surface area (Å²) in [6, 6.07) is 16.2. The van der Waals surface area contributed by atoms with E-state index >= 15 is 0 Å². The number of hydrogen-bond donors (Lipinski definition) is 3. The van der Waals surface area contributed by atoms with E-state index in [1.165, 1.54) is 18.4 Å². The van der Waals surface area contributed by atoms with Crippen molar-refractivity contribution in [2.75, 3.05) is 0 Å². The largest absolute Gasteiger partial charge is 0.404 e. The number of fused-ring (bicyclic) bond motifs is 2. The van der Waals surface area contributed by atoms with Gasteiger partial charge in [-0.3, -0.25) is 15.1 Å². The number of aromatic nitrogens is 5. The lowest BCUT2D eigenvalue weighted by molar-refractivity contribution is 1.12. The van der Waals surface area contributed by atoms with Crippen molar-refractivity contribution >= 4 is 27.4 Å². The van der Waals surface area contributed by atoms with E-state index in [1.54, 1.807) is 18.6 Å². The minimum Gasteiger partial charge on any atom is -0.404 e. The average molecular weight is 445 g/mol. The maximum atomic E-state index is 6.05. The number of allylic oxidation sites excluding steroid dienone is 5. The van der Waals surface area contributed by atoms with Gasteiger partial charge in [0.15, 0.2) is 0 Å². The standard InChI is InChI=1S/C28H24N6/c1-17(5-6-18-7-8-18)22(16-29)19-9-10-24-20(14-19)28(34-33-24)26-15-21-23(32-26)11-13-31-27(21)25-4-2-3-12-30-25/h2-6,9-16,32H,7-8,29H2,1H3,(H,33,34)/b17-5-,22-16+. The summed E-state index contributed by atoms with van der Waals surface area (Å²) in [6.07, 6.45) is 12.1. The van der Waals surface area contributed by atoms with Crippen molar-refractivity contribution in [3.05, 3.63) is 96.0 Å². The van der Waals surface area contributed by atoms with Gasteiger partial charge in [-0.25, -0.2) is 0 Å². The number of nitrogens with two attached hydrogens (primary N) is 1. The summed E-state index contributed by atoms with van der Waals surface area (Å²) in [5.41, 5.74) is 16.2. The van der Waals surface area contributed by atoms with Crippen molar-refractivity contribution in [2.45, 2.75) is 19.8 Å². The molecule has 34 heavy (non-hydrogen) atoms. The third kappa shape index (κ3) is 3.59. The van der Waals surface area contributed by atoms with Crippen molar-refractivity contribution in [2.24, 2.45) is 5.73 Å². The second kappa shape index (κ2) is 8.15. The molecule has 4 N–H and O–H groups in total. The number of nitrogens with zero attached hydrogens (tertiary/aromatic N) is 3. The van der Waals surface area contributed by atoms with Crippen molar-refractivity contribution in [3.63, 3.8) is 0 Å². The summed E-state index contributed by atoms with van der Waals surface area (Å²) in [5.74, 6) is 0. The minimum absolute atomic E-state index is 0.842. The van der Waals surface area contributed by atoms with Crippen molar-refractivity contribution in [3.8, 4) is 22.8 Å². The van der Waals surface area contributed by atoms with Crippen LogP contribution in [0.5, 0.6) is 0 Å². The van der Waals surface area contributed by atoms with Crippen LogP contribution in [0.15, 0.2) is 90.4 Å². The molecule has 1 aliphatic carbocycles. The number of nitrogens with one attached hydrogen (secondary N) is 2. The highest BCUT2D eigenvalue weighted by Gasteiger charge is 2.16. The molecule has 1 saturated carbocycles. The molecule has 1 fully saturated rings. The second-order valence-electron chi connectivity index (χ2n) is 8.61. The van der Waals surface area contributed by atoms with Crippen LogP contribution in [-0.2, 0) is 0 Å². The number of H-pyrrole nitrogens is 2. The van der Waals surface area contributed by atoms with Gasteiger partial charge in [-0.2, -0.15) is 5.10 Å². The fourth-order valence-corrected chi connectivity index (χ4v) is 4.30. The molecule has 166 valence electrons. The van der Waals surface area contributed by atoms with E-state index in [9.17, 15) is 0 Å². The van der Waals surface area contributed by atoms with Crippen LogP contribution in [0.3, 0.4) is 0 Å². The predicted molar refractivity (Wildman–Crippen MR) is 138 cm³/mol. The molecule has 5 aromatic rings. The summed E-state index contributed by atoms with van der Waals surface area (Å²) >= 11 is 0. The van der Waals surface area contributed by atoms with Crippen LogP contribution in [0.2, 0.25) is 0 Å². The quantitative estimate of drug-likeness (QED) is 0.284. The van der Waals surface area contributed by atoms with E-state index in [0.717, 1.165) is 61.3 Å². The van der Waals surface area contributed by atoms with Crippen LogP contribution < -0.4 is 5.73 Å². The Kier molecular flexibility index (Phi) is 4.84. The van der Waals surface area contributed by atoms with Crippen molar-refractivity contribution in [1.29, 1.82) is 0 Å². The fourth-order valence-electron chi connectivity index (χ4n) is 4.30. The van der Waals surface area contributed by atoms with E-state index in [2.05, 4.69) is 68.5 Å². The summed E-state index contributed by atoms with van der Waals surface area (Å²) in [6.45, 7) is 2.10. The Bertz CT molecular complexity index is 1610. The van der Waals surface area contributed by atoms with Gasteiger partial charge in [0.25, 0.3) is 0 Å². The number of pyridine rings is 2. The molecular formula is C28H24N6. The lowest BCUT2D eigenvalue weighted by Gasteiger charge is -2.08. The van der Waals surface area contributed by atoms with E-state index in [4.69, 9.17) is 5.73 Å². The summed E-state index contributed by atoms with van der Waals surface area (Å²) in [4.78, 5) is 12.6. The highest BCUT2D eigenvalue weighted by atomic mass is 15.1. The monoisotopic (exact) mass is 444 g/mol. The van der Waals surface area contributed by atoms with Gasteiger partial charge in [0.1, 0.15) is 5.69 Å². The number of benzene rings is 1. The Morgan fingerprint density at radius 2 is 1.82 bits per heavy atom. The maximum absolute atomic E-state index is 6.05. The van der Waals surface area contributed by atoms with E-state index in [1.807, 2.05) is 24.3 Å². The first-order valence-electron chi connectivity index (χ1n) is 11.4. The molecule has 0 atom stereocenters. The Morgan fingerprint density at radius 3 is 2.62 bits per heavy atom. The molecule has 0 saturated heterocycles. The number of hydrogen-bond acceptors (Lipinski definition) is 4. The molecule has 4 aromatic heterocycles. The Labute approximate surface area is 197 Å². The van der Waals surface area contributed by atoms with Crippen LogP contribution in [-0.4, -0.2) is 25.1 Å². The average Bonchev–Trinajstić information content (AvgIpc) is 3.45. The van der Waals surface area contributed by atoms with Crippen LogP contribution in [0, 0.1) is 0 Å². The van der Waals surface area contributed by atoms with Crippen molar-refractivity contribution < 1.29 is 0 Å². The first-order valence-corrected chi connectivity index (χ1v) is 11.4. The zero-order valence-electron chi connectivity index (χ0n) is 18.8. The van der Waals surface area contributed by atoms with Crippen molar-refractivity contribution in [1.82, 2.24) is 25.1 Å². The summed E-state index contributed by atoms with van der Waals surface area (Å²) < 4.78 is 0. The van der Waals surface area contributed by atoms with E-state index in [0.29, 0.717) is 0 Å². The van der Waals surface area contributed by atoms with Gasteiger partial charge in [-0.05, 0) is 67.3 Å². The molecule has 0 aliphatic heterocycles. The highest BCUT2D eigenvalue weighted by molar-refractivity contribution is 6.00. The predicted octanol–water partition coefficient (Wildman–Crippen LogP) is 6.13. The first kappa shape index (κ1) is 20.2. The molecule has 1 aromatic carbocycles. The van der Waals surface area contributed by atoms with Gasteiger partial charge in [0.2, 0.25) is 0 Å². The third-order valence-electron chi connectivity index (χ3n) is 6.28. The molecule has 6 nitrogen and oxygen atoms in total. The van der Waals surface area contributed by atoms with Gasteiger partial charge in [0.05, 0.1) is 22.6 Å². The highest BCUT2D eigenvalue weighted by Crippen LogP contribution is 2.34. The Morgan fingerprint density at radius 1 is 0.941 bits per heavy atom.